The molecular weight excluding hydrogens is 234 g/mol. The predicted octanol–water partition coefficient (Wildman–Crippen LogP) is 3.70. The Morgan fingerprint density at radius 1 is 1.29 bits per heavy atom. The first-order chi connectivity index (χ1) is 8.15. The van der Waals surface area contributed by atoms with Crippen molar-refractivity contribution in [2.75, 3.05) is 11.1 Å². The average molecular weight is 254 g/mol. The third-order valence-electron chi connectivity index (χ3n) is 3.49. The molecular formula is C13H20ClN3. The second kappa shape index (κ2) is 5.58. The van der Waals surface area contributed by atoms with Gasteiger partial charge in [-0.25, -0.2) is 4.98 Å². The largest absolute Gasteiger partial charge is 0.396 e. The van der Waals surface area contributed by atoms with Gasteiger partial charge in [0.2, 0.25) is 0 Å². The minimum absolute atomic E-state index is 0.480. The van der Waals surface area contributed by atoms with Gasteiger partial charge in [-0.3, -0.25) is 0 Å². The lowest BCUT2D eigenvalue weighted by Gasteiger charge is -2.18. The fourth-order valence-corrected chi connectivity index (χ4v) is 2.53. The molecule has 1 fully saturated rings. The van der Waals surface area contributed by atoms with Crippen molar-refractivity contribution in [2.45, 2.75) is 45.1 Å². The van der Waals surface area contributed by atoms with Crippen LogP contribution in [0.1, 0.15) is 39.0 Å². The maximum absolute atomic E-state index is 5.89. The zero-order valence-electron chi connectivity index (χ0n) is 10.2. The van der Waals surface area contributed by atoms with E-state index in [9.17, 15) is 0 Å². The molecule has 3 N–H and O–H groups in total. The van der Waals surface area contributed by atoms with Crippen molar-refractivity contribution in [1.29, 1.82) is 0 Å². The minimum Gasteiger partial charge on any atom is -0.396 e. The van der Waals surface area contributed by atoms with Crippen molar-refractivity contribution in [3.8, 4) is 0 Å². The van der Waals surface area contributed by atoms with Crippen molar-refractivity contribution in [3.05, 3.63) is 17.3 Å². The van der Waals surface area contributed by atoms with E-state index in [1.54, 1.807) is 12.1 Å². The highest BCUT2D eigenvalue weighted by Crippen LogP contribution is 2.26. The van der Waals surface area contributed by atoms with Crippen LogP contribution in [0.3, 0.4) is 0 Å². The highest BCUT2D eigenvalue weighted by atomic mass is 35.5. The molecule has 0 aromatic carbocycles. The molecule has 0 spiro atoms. The Labute approximate surface area is 108 Å². The summed E-state index contributed by atoms with van der Waals surface area (Å²) in [5.74, 6) is 1.57. The molecule has 0 saturated heterocycles. The van der Waals surface area contributed by atoms with Gasteiger partial charge >= 0.3 is 0 Å². The first-order valence-electron chi connectivity index (χ1n) is 6.33. The smallest absolute Gasteiger partial charge is 0.151 e. The van der Waals surface area contributed by atoms with Crippen LogP contribution in [0.5, 0.6) is 0 Å². The number of aromatic nitrogens is 1. The van der Waals surface area contributed by atoms with E-state index in [-0.39, 0.29) is 0 Å². The van der Waals surface area contributed by atoms with Crippen LogP contribution in [-0.4, -0.2) is 11.0 Å². The zero-order chi connectivity index (χ0) is 12.3. The maximum atomic E-state index is 5.89. The molecule has 1 heterocycles. The summed E-state index contributed by atoms with van der Waals surface area (Å²) in [7, 11) is 0. The Hall–Kier alpha value is -0.960. The summed E-state index contributed by atoms with van der Waals surface area (Å²) in [5.41, 5.74) is 6.56. The van der Waals surface area contributed by atoms with E-state index in [2.05, 4.69) is 17.2 Å². The van der Waals surface area contributed by atoms with Gasteiger partial charge in [0.25, 0.3) is 0 Å². The Balaban J connectivity index is 2.02. The molecule has 1 aliphatic carbocycles. The Morgan fingerprint density at radius 3 is 2.94 bits per heavy atom. The van der Waals surface area contributed by atoms with Crippen LogP contribution in [0.15, 0.2) is 12.1 Å². The minimum atomic E-state index is 0.480. The van der Waals surface area contributed by atoms with Gasteiger partial charge in [-0.1, -0.05) is 31.4 Å². The molecule has 94 valence electrons. The fraction of sp³-hybridized carbons (Fsp3) is 0.615. The predicted molar refractivity (Wildman–Crippen MR) is 73.3 cm³/mol. The van der Waals surface area contributed by atoms with E-state index in [0.29, 0.717) is 16.9 Å². The van der Waals surface area contributed by atoms with Crippen LogP contribution in [0, 0.1) is 5.92 Å². The van der Waals surface area contributed by atoms with E-state index in [1.165, 1.54) is 32.1 Å². The molecule has 0 amide bonds. The number of nitrogens with zero attached hydrogens (tertiary/aromatic N) is 1. The first-order valence-corrected chi connectivity index (χ1v) is 6.71. The van der Waals surface area contributed by atoms with Gasteiger partial charge in [0.15, 0.2) is 5.82 Å². The van der Waals surface area contributed by atoms with E-state index in [0.717, 1.165) is 11.7 Å². The summed E-state index contributed by atoms with van der Waals surface area (Å²) in [5, 5.41) is 3.92. The van der Waals surface area contributed by atoms with Crippen LogP contribution in [0.4, 0.5) is 11.5 Å². The number of rotatable bonds is 2. The third-order valence-corrected chi connectivity index (χ3v) is 3.70. The SMILES string of the molecule is CC1CCCC(Nc2nc(Cl)ccc2N)CC1. The van der Waals surface area contributed by atoms with Gasteiger partial charge in [0.1, 0.15) is 5.15 Å². The molecule has 1 aromatic rings. The monoisotopic (exact) mass is 253 g/mol. The summed E-state index contributed by atoms with van der Waals surface area (Å²) in [6.45, 7) is 2.33. The molecule has 17 heavy (non-hydrogen) atoms. The Morgan fingerprint density at radius 2 is 2.12 bits per heavy atom. The molecule has 0 bridgehead atoms. The maximum Gasteiger partial charge on any atom is 0.151 e. The van der Waals surface area contributed by atoms with Crippen LogP contribution >= 0.6 is 11.6 Å². The van der Waals surface area contributed by atoms with Gasteiger partial charge < -0.3 is 11.1 Å². The molecule has 1 saturated carbocycles. The summed E-state index contributed by atoms with van der Waals surface area (Å²) in [6, 6.07) is 4.00. The van der Waals surface area contributed by atoms with E-state index < -0.39 is 0 Å². The molecule has 3 nitrogen and oxygen atoms in total. The normalized spacial score (nSPS) is 25.3. The lowest BCUT2D eigenvalue weighted by Crippen LogP contribution is -2.20. The molecule has 1 aliphatic rings. The second-order valence-corrected chi connectivity index (χ2v) is 5.41. The molecule has 4 heteroatoms. The molecule has 2 unspecified atom stereocenters. The van der Waals surface area contributed by atoms with Crippen molar-refractivity contribution >= 4 is 23.1 Å². The van der Waals surface area contributed by atoms with Crippen LogP contribution in [0.25, 0.3) is 0 Å². The van der Waals surface area contributed by atoms with Gasteiger partial charge in [0, 0.05) is 6.04 Å². The van der Waals surface area contributed by atoms with E-state index in [1.807, 2.05) is 0 Å². The van der Waals surface area contributed by atoms with E-state index in [4.69, 9.17) is 17.3 Å². The highest BCUT2D eigenvalue weighted by molar-refractivity contribution is 6.29. The van der Waals surface area contributed by atoms with Gasteiger partial charge in [-0.15, -0.1) is 0 Å². The van der Waals surface area contributed by atoms with Gasteiger partial charge in [0.05, 0.1) is 5.69 Å². The van der Waals surface area contributed by atoms with Gasteiger partial charge in [-0.2, -0.15) is 0 Å². The number of hydrogen-bond acceptors (Lipinski definition) is 3. The number of hydrogen-bond donors (Lipinski definition) is 2. The quantitative estimate of drug-likeness (QED) is 0.624. The third kappa shape index (κ3) is 3.50. The summed E-state index contributed by atoms with van der Waals surface area (Å²) >= 11 is 5.88. The fourth-order valence-electron chi connectivity index (χ4n) is 2.39. The lowest BCUT2D eigenvalue weighted by atomic mass is 10.0. The molecule has 2 atom stereocenters. The van der Waals surface area contributed by atoms with Crippen molar-refractivity contribution in [3.63, 3.8) is 0 Å². The first kappa shape index (κ1) is 12.5. The summed E-state index contributed by atoms with van der Waals surface area (Å²) in [4.78, 5) is 4.25. The molecule has 2 rings (SSSR count). The number of nitrogens with two attached hydrogens (primary N) is 1. The second-order valence-electron chi connectivity index (χ2n) is 5.03. The van der Waals surface area contributed by atoms with Crippen molar-refractivity contribution in [1.82, 2.24) is 4.98 Å². The summed E-state index contributed by atoms with van der Waals surface area (Å²) < 4.78 is 0. The Kier molecular flexibility index (Phi) is 4.11. The van der Waals surface area contributed by atoms with Crippen molar-refractivity contribution < 1.29 is 0 Å². The number of pyridine rings is 1. The van der Waals surface area contributed by atoms with E-state index >= 15 is 0 Å². The molecule has 1 aromatic heterocycles. The van der Waals surface area contributed by atoms with Crippen LogP contribution < -0.4 is 11.1 Å². The number of nitrogens with one attached hydrogen (secondary N) is 1. The lowest BCUT2D eigenvalue weighted by molar-refractivity contribution is 0.502. The molecule has 0 aliphatic heterocycles. The molecule has 0 radical (unpaired) electrons. The standard InChI is InChI=1S/C13H20ClN3/c1-9-3-2-4-10(6-5-9)16-13-11(15)7-8-12(14)17-13/h7-10H,2-6,15H2,1H3,(H,16,17). The zero-order valence-corrected chi connectivity index (χ0v) is 11.0. The summed E-state index contributed by atoms with van der Waals surface area (Å²) in [6.07, 6.45) is 6.26. The van der Waals surface area contributed by atoms with Crippen LogP contribution in [-0.2, 0) is 0 Å². The average Bonchev–Trinajstić information content (AvgIpc) is 2.49. The highest BCUT2D eigenvalue weighted by Gasteiger charge is 2.17. The number of nitrogen functional groups attached to an aromatic ring is 1. The number of anilines is 2. The number of halogens is 1. The van der Waals surface area contributed by atoms with Crippen LogP contribution in [0.2, 0.25) is 5.15 Å². The topological polar surface area (TPSA) is 50.9 Å². The Bertz CT molecular complexity index is 381. The van der Waals surface area contributed by atoms with Crippen molar-refractivity contribution in [2.24, 2.45) is 5.92 Å². The van der Waals surface area contributed by atoms with Gasteiger partial charge in [-0.05, 0) is 37.3 Å².